The molecule has 1 aromatic carbocycles. The summed E-state index contributed by atoms with van der Waals surface area (Å²) in [6, 6.07) is 8.82. The fourth-order valence-corrected chi connectivity index (χ4v) is 2.09. The van der Waals surface area contributed by atoms with Gasteiger partial charge in [0, 0.05) is 9.61 Å². The number of halogens is 1. The van der Waals surface area contributed by atoms with Crippen molar-refractivity contribution in [1.82, 2.24) is 5.32 Å². The monoisotopic (exact) mass is 287 g/mol. The minimum absolute atomic E-state index is 0.394. The smallest absolute Gasteiger partial charge is 0.0362 e. The van der Waals surface area contributed by atoms with Crippen LogP contribution in [0.3, 0.4) is 0 Å². The first kappa shape index (κ1) is 10.7. The molecule has 0 bridgehead atoms. The van der Waals surface area contributed by atoms with Crippen molar-refractivity contribution >= 4 is 22.6 Å². The van der Waals surface area contributed by atoms with Gasteiger partial charge in [0.05, 0.1) is 0 Å². The zero-order valence-electron chi connectivity index (χ0n) is 7.76. The van der Waals surface area contributed by atoms with Crippen molar-refractivity contribution in [1.29, 1.82) is 0 Å². The largest absolute Gasteiger partial charge is 0.313 e. The second-order valence-corrected chi connectivity index (χ2v) is 4.05. The summed E-state index contributed by atoms with van der Waals surface area (Å²) in [7, 11) is 1.98. The van der Waals surface area contributed by atoms with Crippen LogP contribution in [-0.4, -0.2) is 7.05 Å². The van der Waals surface area contributed by atoms with Gasteiger partial charge in [0.15, 0.2) is 0 Å². The van der Waals surface area contributed by atoms with Gasteiger partial charge < -0.3 is 5.32 Å². The molecule has 1 nitrogen and oxygen atoms in total. The van der Waals surface area contributed by atoms with E-state index in [4.69, 9.17) is 0 Å². The predicted octanol–water partition coefficient (Wildman–Crippen LogP) is 3.13. The van der Waals surface area contributed by atoms with Gasteiger partial charge in [-0.1, -0.05) is 24.3 Å². The van der Waals surface area contributed by atoms with Crippen molar-refractivity contribution in [3.63, 3.8) is 0 Å². The molecule has 0 saturated carbocycles. The first-order chi connectivity index (χ1) is 6.29. The fraction of sp³-hybridized carbons (Fsp3) is 0.273. The van der Waals surface area contributed by atoms with Crippen LogP contribution >= 0.6 is 22.6 Å². The average molecular weight is 287 g/mol. The van der Waals surface area contributed by atoms with Crippen LogP contribution in [0.2, 0.25) is 0 Å². The van der Waals surface area contributed by atoms with Crippen molar-refractivity contribution in [3.05, 3.63) is 46.1 Å². The van der Waals surface area contributed by atoms with E-state index in [-0.39, 0.29) is 0 Å². The first-order valence-electron chi connectivity index (χ1n) is 4.32. The normalized spacial score (nSPS) is 12.5. The Balaban J connectivity index is 2.90. The van der Waals surface area contributed by atoms with E-state index in [0.717, 1.165) is 6.42 Å². The minimum Gasteiger partial charge on any atom is -0.313 e. The van der Waals surface area contributed by atoms with E-state index >= 15 is 0 Å². The van der Waals surface area contributed by atoms with Gasteiger partial charge in [0.25, 0.3) is 0 Å². The summed E-state index contributed by atoms with van der Waals surface area (Å²) in [6.07, 6.45) is 2.92. The molecule has 1 rings (SSSR count). The molecule has 2 heteroatoms. The van der Waals surface area contributed by atoms with Gasteiger partial charge in [0.1, 0.15) is 0 Å². The van der Waals surface area contributed by atoms with Crippen LogP contribution in [0.25, 0.3) is 0 Å². The number of nitrogens with one attached hydrogen (secondary N) is 1. The topological polar surface area (TPSA) is 12.0 Å². The van der Waals surface area contributed by atoms with Crippen molar-refractivity contribution in [2.45, 2.75) is 12.5 Å². The van der Waals surface area contributed by atoms with E-state index in [1.807, 2.05) is 13.1 Å². The quantitative estimate of drug-likeness (QED) is 0.662. The van der Waals surface area contributed by atoms with Crippen LogP contribution in [0.15, 0.2) is 36.9 Å². The SMILES string of the molecule is C=CCC(NC)c1ccccc1I. The maximum absolute atomic E-state index is 3.76. The highest BCUT2D eigenvalue weighted by Gasteiger charge is 2.09. The molecular weight excluding hydrogens is 273 g/mol. The highest BCUT2D eigenvalue weighted by Crippen LogP contribution is 2.22. The minimum atomic E-state index is 0.394. The highest BCUT2D eigenvalue weighted by molar-refractivity contribution is 14.1. The van der Waals surface area contributed by atoms with Crippen molar-refractivity contribution in [2.24, 2.45) is 0 Å². The van der Waals surface area contributed by atoms with E-state index < -0.39 is 0 Å². The third kappa shape index (κ3) is 2.81. The molecule has 0 fully saturated rings. The second kappa shape index (κ2) is 5.40. The molecule has 70 valence electrons. The Hall–Kier alpha value is -0.350. The molecule has 0 aromatic heterocycles. The Morgan fingerprint density at radius 2 is 2.23 bits per heavy atom. The maximum Gasteiger partial charge on any atom is 0.0362 e. The summed E-state index contributed by atoms with van der Waals surface area (Å²) >= 11 is 2.36. The Kier molecular flexibility index (Phi) is 4.45. The number of hydrogen-bond acceptors (Lipinski definition) is 1. The van der Waals surface area contributed by atoms with Gasteiger partial charge in [0.2, 0.25) is 0 Å². The molecule has 1 unspecified atom stereocenters. The molecular formula is C11H14IN. The Labute approximate surface area is 93.4 Å². The third-order valence-corrected chi connectivity index (χ3v) is 3.01. The van der Waals surface area contributed by atoms with Crippen molar-refractivity contribution in [3.8, 4) is 0 Å². The molecule has 1 N–H and O–H groups in total. The second-order valence-electron chi connectivity index (χ2n) is 2.89. The van der Waals surface area contributed by atoms with Crippen LogP contribution in [-0.2, 0) is 0 Å². The third-order valence-electron chi connectivity index (χ3n) is 2.03. The number of hydrogen-bond donors (Lipinski definition) is 1. The van der Waals surface area contributed by atoms with Gasteiger partial charge in [-0.15, -0.1) is 6.58 Å². The Bertz CT molecular complexity index is 283. The van der Waals surface area contributed by atoms with Gasteiger partial charge in [-0.25, -0.2) is 0 Å². The summed E-state index contributed by atoms with van der Waals surface area (Å²) in [4.78, 5) is 0. The van der Waals surface area contributed by atoms with E-state index in [1.165, 1.54) is 9.13 Å². The molecule has 0 aliphatic rings. The van der Waals surface area contributed by atoms with E-state index in [1.54, 1.807) is 0 Å². The molecule has 1 aromatic rings. The average Bonchev–Trinajstić information content (AvgIpc) is 2.16. The number of benzene rings is 1. The van der Waals surface area contributed by atoms with Gasteiger partial charge in [-0.3, -0.25) is 0 Å². The molecule has 0 aliphatic carbocycles. The summed E-state index contributed by atoms with van der Waals surface area (Å²) in [5.74, 6) is 0. The highest BCUT2D eigenvalue weighted by atomic mass is 127. The lowest BCUT2D eigenvalue weighted by molar-refractivity contribution is 0.601. The zero-order valence-corrected chi connectivity index (χ0v) is 9.91. The molecule has 0 heterocycles. The summed E-state index contributed by atoms with van der Waals surface area (Å²) in [5, 5.41) is 3.28. The lowest BCUT2D eigenvalue weighted by Gasteiger charge is -2.15. The standard InChI is InChI=1S/C11H14IN/c1-3-6-11(13-2)9-7-4-5-8-10(9)12/h3-5,7-8,11,13H,1,6H2,2H3. The summed E-state index contributed by atoms with van der Waals surface area (Å²) < 4.78 is 1.31. The van der Waals surface area contributed by atoms with E-state index in [9.17, 15) is 0 Å². The predicted molar refractivity (Wildman–Crippen MR) is 65.8 cm³/mol. The summed E-state index contributed by atoms with van der Waals surface area (Å²) in [5.41, 5.74) is 1.35. The van der Waals surface area contributed by atoms with Gasteiger partial charge >= 0.3 is 0 Å². The molecule has 0 saturated heterocycles. The number of rotatable bonds is 4. The Morgan fingerprint density at radius 1 is 1.54 bits per heavy atom. The first-order valence-corrected chi connectivity index (χ1v) is 5.40. The van der Waals surface area contributed by atoms with E-state index in [2.05, 4.69) is 58.8 Å². The van der Waals surface area contributed by atoms with Gasteiger partial charge in [-0.2, -0.15) is 0 Å². The lowest BCUT2D eigenvalue weighted by atomic mass is 10.0. The van der Waals surface area contributed by atoms with E-state index in [0.29, 0.717) is 6.04 Å². The van der Waals surface area contributed by atoms with Crippen LogP contribution in [0.5, 0.6) is 0 Å². The van der Waals surface area contributed by atoms with Crippen LogP contribution in [0.1, 0.15) is 18.0 Å². The fourth-order valence-electron chi connectivity index (χ4n) is 1.32. The van der Waals surface area contributed by atoms with Gasteiger partial charge in [-0.05, 0) is 47.7 Å². The summed E-state index contributed by atoms with van der Waals surface area (Å²) in [6.45, 7) is 3.76. The van der Waals surface area contributed by atoms with Crippen molar-refractivity contribution < 1.29 is 0 Å². The molecule has 0 radical (unpaired) electrons. The Morgan fingerprint density at radius 3 is 2.77 bits per heavy atom. The molecule has 1 atom stereocenters. The van der Waals surface area contributed by atoms with Crippen LogP contribution in [0, 0.1) is 3.57 Å². The molecule has 0 spiro atoms. The zero-order chi connectivity index (χ0) is 9.68. The lowest BCUT2D eigenvalue weighted by Crippen LogP contribution is -2.16. The molecule has 0 amide bonds. The van der Waals surface area contributed by atoms with Crippen LogP contribution < -0.4 is 5.32 Å². The van der Waals surface area contributed by atoms with Crippen LogP contribution in [0.4, 0.5) is 0 Å². The molecule has 13 heavy (non-hydrogen) atoms. The maximum atomic E-state index is 3.76. The van der Waals surface area contributed by atoms with Crippen molar-refractivity contribution in [2.75, 3.05) is 7.05 Å². The molecule has 0 aliphatic heterocycles.